The molecule has 1 aliphatic rings. The van der Waals surface area contributed by atoms with Gasteiger partial charge < -0.3 is 14.9 Å². The van der Waals surface area contributed by atoms with Crippen LogP contribution in [0, 0.1) is 11.8 Å². The Labute approximate surface area is 156 Å². The molecular formula is C18H24ClF3N2O2. The molecule has 1 N–H and O–H groups in total. The first-order valence-corrected chi connectivity index (χ1v) is 8.97. The number of halogens is 4. The van der Waals surface area contributed by atoms with E-state index in [1.165, 1.54) is 11.0 Å². The zero-order chi connectivity index (χ0) is 19.5. The topological polar surface area (TPSA) is 43.8 Å². The van der Waals surface area contributed by atoms with Crippen LogP contribution < -0.4 is 0 Å². The van der Waals surface area contributed by atoms with E-state index in [-0.39, 0.29) is 5.75 Å². The summed E-state index contributed by atoms with van der Waals surface area (Å²) in [5.74, 6) is -2.32. The van der Waals surface area contributed by atoms with Crippen molar-refractivity contribution in [3.05, 3.63) is 28.8 Å². The number of aromatic hydroxyl groups is 1. The van der Waals surface area contributed by atoms with Gasteiger partial charge >= 0.3 is 6.18 Å². The Morgan fingerprint density at radius 1 is 1.38 bits per heavy atom. The van der Waals surface area contributed by atoms with Crippen molar-refractivity contribution in [2.24, 2.45) is 11.8 Å². The van der Waals surface area contributed by atoms with Crippen molar-refractivity contribution in [3.63, 3.8) is 0 Å². The van der Waals surface area contributed by atoms with Crippen LogP contribution >= 0.6 is 11.6 Å². The highest BCUT2D eigenvalue weighted by atomic mass is 35.5. The average Bonchev–Trinajstić information content (AvgIpc) is 2.56. The summed E-state index contributed by atoms with van der Waals surface area (Å²) in [7, 11) is 1.93. The molecule has 1 heterocycles. The molecule has 8 heteroatoms. The van der Waals surface area contributed by atoms with E-state index in [9.17, 15) is 23.1 Å². The van der Waals surface area contributed by atoms with Gasteiger partial charge in [0.1, 0.15) is 11.7 Å². The van der Waals surface area contributed by atoms with E-state index in [0.717, 1.165) is 19.0 Å². The van der Waals surface area contributed by atoms with Crippen molar-refractivity contribution >= 4 is 17.5 Å². The molecule has 1 fully saturated rings. The van der Waals surface area contributed by atoms with Gasteiger partial charge in [-0.1, -0.05) is 11.6 Å². The molecule has 1 amide bonds. The van der Waals surface area contributed by atoms with Crippen LogP contribution in [0.4, 0.5) is 13.2 Å². The molecule has 0 radical (unpaired) electrons. The Morgan fingerprint density at radius 2 is 2.00 bits per heavy atom. The van der Waals surface area contributed by atoms with Crippen LogP contribution in [0.25, 0.3) is 0 Å². The maximum atomic E-state index is 12.7. The number of rotatable bonds is 5. The number of amides is 1. The third-order valence-corrected chi connectivity index (χ3v) is 5.20. The molecular weight excluding hydrogens is 369 g/mol. The van der Waals surface area contributed by atoms with Gasteiger partial charge in [-0.15, -0.1) is 0 Å². The van der Waals surface area contributed by atoms with Gasteiger partial charge in [0.15, 0.2) is 0 Å². The summed E-state index contributed by atoms with van der Waals surface area (Å²) in [6, 6.07) is 4.80. The van der Waals surface area contributed by atoms with Gasteiger partial charge in [-0.05, 0) is 56.5 Å². The summed E-state index contributed by atoms with van der Waals surface area (Å²) in [5, 5.41) is 10.1. The molecule has 146 valence electrons. The number of alkyl halides is 3. The van der Waals surface area contributed by atoms with E-state index in [2.05, 4.69) is 4.90 Å². The smallest absolute Gasteiger partial charge is 0.400 e. The number of carbonyl (C=O) groups is 1. The van der Waals surface area contributed by atoms with Crippen molar-refractivity contribution in [1.82, 2.24) is 9.80 Å². The van der Waals surface area contributed by atoms with Gasteiger partial charge in [0.2, 0.25) is 5.91 Å². The molecule has 1 unspecified atom stereocenters. The lowest BCUT2D eigenvalue weighted by molar-refractivity contribution is -0.186. The summed E-state index contributed by atoms with van der Waals surface area (Å²) >= 11 is 6.13. The molecule has 0 bridgehead atoms. The van der Waals surface area contributed by atoms with Gasteiger partial charge in [0.25, 0.3) is 0 Å². The van der Waals surface area contributed by atoms with E-state index in [1.807, 2.05) is 7.05 Å². The third-order valence-electron chi connectivity index (χ3n) is 4.83. The monoisotopic (exact) mass is 392 g/mol. The molecule has 1 saturated heterocycles. The number of hydrogen-bond donors (Lipinski definition) is 1. The number of likely N-dealkylation sites (tertiary alicyclic amines) is 1. The number of carbonyl (C=O) groups excluding carboxylic acids is 1. The number of nitrogens with zero attached hydrogens (tertiary/aromatic N) is 2. The first-order valence-electron chi connectivity index (χ1n) is 8.59. The number of phenolic OH excluding ortho intramolecular Hbond substituents is 1. The minimum absolute atomic E-state index is 0.156. The zero-order valence-electron chi connectivity index (χ0n) is 14.9. The van der Waals surface area contributed by atoms with Crippen molar-refractivity contribution in [2.75, 3.05) is 26.7 Å². The first-order chi connectivity index (χ1) is 12.1. The van der Waals surface area contributed by atoms with Crippen molar-refractivity contribution in [3.8, 4) is 5.75 Å². The SMILES string of the molecule is CC(C(=O)N1CCC(CN(C)Cc2cc(O)ccc2Cl)CC1)C(F)(F)F. The third kappa shape index (κ3) is 5.51. The van der Waals surface area contributed by atoms with E-state index < -0.39 is 18.0 Å². The van der Waals surface area contributed by atoms with Crippen LogP contribution in [0.2, 0.25) is 5.02 Å². The Morgan fingerprint density at radius 3 is 2.58 bits per heavy atom. The lowest BCUT2D eigenvalue weighted by Gasteiger charge is -2.35. The summed E-state index contributed by atoms with van der Waals surface area (Å²) in [5.41, 5.74) is 0.820. The summed E-state index contributed by atoms with van der Waals surface area (Å²) in [6.45, 7) is 2.94. The van der Waals surface area contributed by atoms with Crippen LogP contribution in [0.1, 0.15) is 25.3 Å². The molecule has 0 spiro atoms. The second kappa shape index (κ2) is 8.48. The molecule has 1 atom stereocenters. The maximum absolute atomic E-state index is 12.7. The van der Waals surface area contributed by atoms with Crippen LogP contribution in [-0.2, 0) is 11.3 Å². The fourth-order valence-corrected chi connectivity index (χ4v) is 3.41. The largest absolute Gasteiger partial charge is 0.508 e. The molecule has 1 aromatic carbocycles. The highest BCUT2D eigenvalue weighted by molar-refractivity contribution is 6.31. The molecule has 26 heavy (non-hydrogen) atoms. The summed E-state index contributed by atoms with van der Waals surface area (Å²) in [6.07, 6.45) is -3.14. The van der Waals surface area contributed by atoms with E-state index in [4.69, 9.17) is 11.6 Å². The average molecular weight is 393 g/mol. The predicted octanol–water partition coefficient (Wildman–Crippen LogP) is 3.91. The number of phenols is 1. The molecule has 4 nitrogen and oxygen atoms in total. The molecule has 0 saturated carbocycles. The number of piperidine rings is 1. The molecule has 0 aliphatic carbocycles. The summed E-state index contributed by atoms with van der Waals surface area (Å²) in [4.78, 5) is 15.3. The minimum Gasteiger partial charge on any atom is -0.508 e. The van der Waals surface area contributed by atoms with Crippen molar-refractivity contribution in [2.45, 2.75) is 32.5 Å². The van der Waals surface area contributed by atoms with Crippen LogP contribution in [0.15, 0.2) is 18.2 Å². The first kappa shape index (κ1) is 20.8. The van der Waals surface area contributed by atoms with Crippen LogP contribution in [0.3, 0.4) is 0 Å². The lowest BCUT2D eigenvalue weighted by atomic mass is 9.95. The normalized spacial score (nSPS) is 17.6. The Kier molecular flexibility index (Phi) is 6.80. The van der Waals surface area contributed by atoms with Gasteiger partial charge in [-0.3, -0.25) is 4.79 Å². The highest BCUT2D eigenvalue weighted by Gasteiger charge is 2.43. The van der Waals surface area contributed by atoms with Gasteiger partial charge in [-0.25, -0.2) is 0 Å². The van der Waals surface area contributed by atoms with E-state index >= 15 is 0 Å². The Balaban J connectivity index is 1.83. The number of benzene rings is 1. The predicted molar refractivity (Wildman–Crippen MR) is 94.0 cm³/mol. The fourth-order valence-electron chi connectivity index (χ4n) is 3.23. The lowest BCUT2D eigenvalue weighted by Crippen LogP contribution is -2.46. The standard InChI is InChI=1S/C18H24ClF3N2O2/c1-12(18(20,21)22)17(26)24-7-5-13(6-8-24)10-23(2)11-14-9-15(25)3-4-16(14)19/h3-4,9,12-13,25H,5-8,10-11H2,1-2H3. The quantitative estimate of drug-likeness (QED) is 0.826. The van der Waals surface area contributed by atoms with Crippen molar-refractivity contribution < 1.29 is 23.1 Å². The van der Waals surface area contributed by atoms with Crippen molar-refractivity contribution in [1.29, 1.82) is 0 Å². The minimum atomic E-state index is -4.49. The molecule has 2 rings (SSSR count). The number of hydrogen-bond acceptors (Lipinski definition) is 3. The van der Waals surface area contributed by atoms with Gasteiger partial charge in [0.05, 0.1) is 0 Å². The molecule has 1 aliphatic heterocycles. The van der Waals surface area contributed by atoms with Crippen LogP contribution in [0.5, 0.6) is 5.75 Å². The second-order valence-corrected chi connectivity index (χ2v) is 7.41. The van der Waals surface area contributed by atoms with E-state index in [1.54, 1.807) is 12.1 Å². The van der Waals surface area contributed by atoms with Crippen LogP contribution in [-0.4, -0.2) is 53.7 Å². The van der Waals surface area contributed by atoms with Gasteiger partial charge in [-0.2, -0.15) is 13.2 Å². The van der Waals surface area contributed by atoms with Gasteiger partial charge in [0, 0.05) is 31.2 Å². The zero-order valence-corrected chi connectivity index (χ0v) is 15.6. The molecule has 1 aromatic rings. The highest BCUT2D eigenvalue weighted by Crippen LogP contribution is 2.29. The molecule has 0 aromatic heterocycles. The summed E-state index contributed by atoms with van der Waals surface area (Å²) < 4.78 is 38.1. The Hall–Kier alpha value is -1.47. The fraction of sp³-hybridized carbons (Fsp3) is 0.611. The Bertz CT molecular complexity index is 631. The second-order valence-electron chi connectivity index (χ2n) is 7.00. The van der Waals surface area contributed by atoms with E-state index in [0.29, 0.717) is 43.4 Å². The maximum Gasteiger partial charge on any atom is 0.400 e.